The van der Waals surface area contributed by atoms with E-state index in [1.807, 2.05) is 55.5 Å². The van der Waals surface area contributed by atoms with Crippen molar-refractivity contribution in [3.05, 3.63) is 126 Å². The molecule has 6 rings (SSSR count). The van der Waals surface area contributed by atoms with Gasteiger partial charge in [-0.2, -0.15) is 0 Å². The predicted octanol–water partition coefficient (Wildman–Crippen LogP) is 10.2. The van der Waals surface area contributed by atoms with E-state index in [9.17, 15) is 4.79 Å². The first-order valence-electron chi connectivity index (χ1n) is 20.9. The Balaban J connectivity index is 0.984. The van der Waals surface area contributed by atoms with Crippen LogP contribution in [0.3, 0.4) is 0 Å². The van der Waals surface area contributed by atoms with Crippen molar-refractivity contribution in [2.24, 2.45) is 0 Å². The summed E-state index contributed by atoms with van der Waals surface area (Å²) in [5.41, 5.74) is 7.56. The minimum atomic E-state index is -2.38. The summed E-state index contributed by atoms with van der Waals surface area (Å²) in [6.07, 6.45) is 13.4. The summed E-state index contributed by atoms with van der Waals surface area (Å²) in [4.78, 5) is 31.7. The monoisotopic (exact) mass is 859 g/mol. The molecular formula is C47H61N7OSn. The van der Waals surface area contributed by atoms with Gasteiger partial charge < -0.3 is 10.6 Å². The Hall–Kier alpha value is -4.12. The Morgan fingerprint density at radius 2 is 1.34 bits per heavy atom. The summed E-state index contributed by atoms with van der Waals surface area (Å²) < 4.78 is 6.35. The third-order valence-corrected chi connectivity index (χ3v) is 27.1. The number of rotatable bonds is 19. The van der Waals surface area contributed by atoms with Crippen molar-refractivity contribution in [3.63, 3.8) is 0 Å². The van der Waals surface area contributed by atoms with Crippen LogP contribution in [-0.4, -0.2) is 75.2 Å². The normalized spacial score (nSPS) is 13.8. The molecule has 0 unspecified atom stereocenters. The van der Waals surface area contributed by atoms with E-state index >= 15 is 0 Å². The molecule has 8 nitrogen and oxygen atoms in total. The Labute approximate surface area is 339 Å². The van der Waals surface area contributed by atoms with Crippen LogP contribution in [0.5, 0.6) is 0 Å². The molecule has 2 aromatic heterocycles. The zero-order valence-corrected chi connectivity index (χ0v) is 36.9. The fourth-order valence-corrected chi connectivity index (χ4v) is 23.9. The molecule has 1 amide bonds. The Bertz CT molecular complexity index is 1940. The average molecular weight is 859 g/mol. The van der Waals surface area contributed by atoms with E-state index in [1.54, 1.807) is 22.2 Å². The number of carbonyl (C=O) groups is 1. The first kappa shape index (κ1) is 41.5. The maximum atomic E-state index is 13.3. The van der Waals surface area contributed by atoms with Crippen molar-refractivity contribution in [3.8, 4) is 11.3 Å². The third-order valence-electron chi connectivity index (χ3n) is 11.4. The number of hydrogen-bond acceptors (Lipinski definition) is 7. The van der Waals surface area contributed by atoms with E-state index < -0.39 is 18.4 Å². The van der Waals surface area contributed by atoms with Crippen LogP contribution in [0.25, 0.3) is 11.3 Å². The van der Waals surface area contributed by atoms with Crippen LogP contribution < -0.4 is 14.2 Å². The van der Waals surface area contributed by atoms with Crippen LogP contribution in [0.1, 0.15) is 86.3 Å². The molecule has 1 aliphatic rings. The number of nitrogens with one attached hydrogen (secondary N) is 2. The maximum absolute atomic E-state index is 13.3. The van der Waals surface area contributed by atoms with Crippen LogP contribution in [0, 0.1) is 6.92 Å². The summed E-state index contributed by atoms with van der Waals surface area (Å²) in [6.45, 7) is 15.3. The summed E-state index contributed by atoms with van der Waals surface area (Å²) in [5, 5.41) is 6.39. The topological polar surface area (TPSA) is 86.3 Å². The van der Waals surface area contributed by atoms with E-state index in [2.05, 4.69) is 92.6 Å². The summed E-state index contributed by atoms with van der Waals surface area (Å²) in [5.74, 6) is 0.339. The van der Waals surface area contributed by atoms with Gasteiger partial charge in [-0.15, -0.1) is 0 Å². The number of pyridine rings is 1. The molecule has 1 saturated heterocycles. The average Bonchev–Trinajstić information content (AvgIpc) is 3.23. The molecule has 0 atom stereocenters. The number of aryl methyl sites for hydroxylation is 1. The van der Waals surface area contributed by atoms with Gasteiger partial charge in [-0.25, -0.2) is 9.97 Å². The van der Waals surface area contributed by atoms with E-state index in [1.165, 1.54) is 63.0 Å². The standard InChI is InChI=1S/C35H34N7O.3C4H9.Sn/c1-26-9-14-31(22-33(26)40-35-37-17-15-32(39-35)30-8-5-16-36-23-30)38-34(43)29-12-10-28(11-13-29)25-42-20-18-41(19-21-42)24-27-6-3-2-4-7-27;3*1-3-4-2;/h3-17,22-23H,18-21,24-25H2,1H3,(H,38,43)(H,37,39,40);3*1,3-4H2,2H3;. The van der Waals surface area contributed by atoms with E-state index in [4.69, 9.17) is 0 Å². The molecule has 0 spiro atoms. The molecular weight excluding hydrogens is 797 g/mol. The van der Waals surface area contributed by atoms with Crippen molar-refractivity contribution in [2.45, 2.75) is 92.6 Å². The SMILES string of the molecule is CCC[CH2][Sn]([CH2]CCC)([CH2]CCC)[c]1ccc(CN2CCN(Cc3ccc(C(=O)Nc4ccc(C)c(Nc5nccc(-c6cccnc6)n5)c4)cc3)CC2)cc1. The van der Waals surface area contributed by atoms with Crippen molar-refractivity contribution in [1.82, 2.24) is 24.8 Å². The number of amides is 1. The molecule has 3 aromatic carbocycles. The number of aromatic nitrogens is 3. The fourth-order valence-electron chi connectivity index (χ4n) is 7.95. The number of carbonyl (C=O) groups excluding carboxylic acids is 1. The second kappa shape index (κ2) is 20.9. The van der Waals surface area contributed by atoms with Gasteiger partial charge in [0.05, 0.1) is 5.69 Å². The fraction of sp³-hybridized carbons (Fsp3) is 0.404. The molecule has 5 aromatic rings. The molecule has 1 aliphatic heterocycles. The number of benzene rings is 3. The molecule has 0 bridgehead atoms. The van der Waals surface area contributed by atoms with Crippen molar-refractivity contribution in [1.29, 1.82) is 0 Å². The van der Waals surface area contributed by atoms with Gasteiger partial charge in [-0.05, 0) is 55.0 Å². The first-order valence-corrected chi connectivity index (χ1v) is 28.4. The second-order valence-corrected chi connectivity index (χ2v) is 28.9. The zero-order valence-electron chi connectivity index (χ0n) is 34.1. The Morgan fingerprint density at radius 3 is 1.91 bits per heavy atom. The van der Waals surface area contributed by atoms with Gasteiger partial charge in [-0.1, -0.05) is 6.07 Å². The third kappa shape index (κ3) is 11.5. The van der Waals surface area contributed by atoms with Crippen LogP contribution in [0.2, 0.25) is 13.3 Å². The molecule has 294 valence electrons. The molecule has 3 heterocycles. The van der Waals surface area contributed by atoms with Gasteiger partial charge >= 0.3 is 191 Å². The predicted molar refractivity (Wildman–Crippen MR) is 236 cm³/mol. The van der Waals surface area contributed by atoms with Crippen LogP contribution in [0.4, 0.5) is 17.3 Å². The molecule has 0 radical (unpaired) electrons. The summed E-state index contributed by atoms with van der Waals surface area (Å²) in [7, 11) is 0. The number of hydrogen-bond donors (Lipinski definition) is 2. The van der Waals surface area contributed by atoms with Crippen LogP contribution >= 0.6 is 0 Å². The molecule has 1 fully saturated rings. The second-order valence-electron chi connectivity index (χ2n) is 15.7. The van der Waals surface area contributed by atoms with Crippen LogP contribution in [-0.2, 0) is 13.1 Å². The molecule has 0 aliphatic carbocycles. The Kier molecular flexibility index (Phi) is 15.5. The summed E-state index contributed by atoms with van der Waals surface area (Å²) in [6, 6.07) is 29.6. The zero-order chi connectivity index (χ0) is 39.2. The van der Waals surface area contributed by atoms with Crippen molar-refractivity contribution < 1.29 is 4.79 Å². The molecule has 2 N–H and O–H groups in total. The quantitative estimate of drug-likeness (QED) is 0.0800. The number of anilines is 3. The number of nitrogens with zero attached hydrogens (tertiary/aromatic N) is 5. The van der Waals surface area contributed by atoms with E-state index in [0.717, 1.165) is 61.8 Å². The molecule has 9 heteroatoms. The van der Waals surface area contributed by atoms with E-state index in [0.29, 0.717) is 17.2 Å². The van der Waals surface area contributed by atoms with Gasteiger partial charge in [-0.3, -0.25) is 9.78 Å². The molecule has 56 heavy (non-hydrogen) atoms. The minimum absolute atomic E-state index is 0.139. The number of piperazine rings is 1. The van der Waals surface area contributed by atoms with Crippen LogP contribution in [0.15, 0.2) is 104 Å². The molecule has 0 saturated carbocycles. The van der Waals surface area contributed by atoms with Gasteiger partial charge in [0.25, 0.3) is 5.91 Å². The summed E-state index contributed by atoms with van der Waals surface area (Å²) >= 11 is -2.38. The van der Waals surface area contributed by atoms with Crippen molar-refractivity contribution in [2.75, 3.05) is 36.8 Å². The Morgan fingerprint density at radius 1 is 0.732 bits per heavy atom. The van der Waals surface area contributed by atoms with Gasteiger partial charge in [0.1, 0.15) is 0 Å². The number of unbranched alkanes of at least 4 members (excludes halogenated alkanes) is 3. The van der Waals surface area contributed by atoms with Crippen molar-refractivity contribution >= 4 is 45.2 Å². The van der Waals surface area contributed by atoms with Gasteiger partial charge in [0, 0.05) is 41.1 Å². The van der Waals surface area contributed by atoms with E-state index in [-0.39, 0.29) is 5.91 Å². The first-order chi connectivity index (χ1) is 27.4. The van der Waals surface area contributed by atoms with Gasteiger partial charge in [0.2, 0.25) is 5.95 Å². The van der Waals surface area contributed by atoms with Gasteiger partial charge in [0.15, 0.2) is 0 Å².